The zero-order valence-corrected chi connectivity index (χ0v) is 21.7. The summed E-state index contributed by atoms with van der Waals surface area (Å²) in [5.41, 5.74) is 2.54. The fraction of sp³-hybridized carbons (Fsp3) is 0.483. The highest BCUT2D eigenvalue weighted by Crippen LogP contribution is 2.28. The van der Waals surface area contributed by atoms with E-state index in [1.807, 2.05) is 82.3 Å². The van der Waals surface area contributed by atoms with Gasteiger partial charge in [0.25, 0.3) is 0 Å². The van der Waals surface area contributed by atoms with Crippen molar-refractivity contribution in [1.82, 2.24) is 15.1 Å². The molecule has 2 aromatic rings. The predicted molar refractivity (Wildman–Crippen MR) is 138 cm³/mol. The summed E-state index contributed by atoms with van der Waals surface area (Å²) >= 11 is 0. The van der Waals surface area contributed by atoms with Crippen molar-refractivity contribution in [2.24, 2.45) is 5.92 Å². The van der Waals surface area contributed by atoms with E-state index in [2.05, 4.69) is 5.32 Å². The molecular formula is C29H37N3O4. The summed E-state index contributed by atoms with van der Waals surface area (Å²) in [6.07, 6.45) is 1.20. The van der Waals surface area contributed by atoms with Gasteiger partial charge < -0.3 is 15.0 Å². The van der Waals surface area contributed by atoms with Gasteiger partial charge >= 0.3 is 6.09 Å². The monoisotopic (exact) mass is 491 g/mol. The lowest BCUT2D eigenvalue weighted by atomic mass is 9.91. The first kappa shape index (κ1) is 25.7. The molecule has 2 aliphatic heterocycles. The van der Waals surface area contributed by atoms with Crippen LogP contribution in [0.5, 0.6) is 0 Å². The molecule has 0 aliphatic carbocycles. The van der Waals surface area contributed by atoms with Crippen molar-refractivity contribution in [3.63, 3.8) is 0 Å². The maximum Gasteiger partial charge on any atom is 0.411 e. The molecule has 2 aliphatic rings. The summed E-state index contributed by atoms with van der Waals surface area (Å²) < 4.78 is 5.65. The second-order valence-corrected chi connectivity index (χ2v) is 10.8. The average Bonchev–Trinajstić information content (AvgIpc) is 2.87. The van der Waals surface area contributed by atoms with Crippen LogP contribution in [-0.4, -0.2) is 52.4 Å². The van der Waals surface area contributed by atoms with Crippen LogP contribution in [-0.2, 0) is 27.3 Å². The van der Waals surface area contributed by atoms with Crippen molar-refractivity contribution in [3.05, 3.63) is 71.3 Å². The number of benzene rings is 2. The molecule has 1 saturated heterocycles. The second kappa shape index (κ2) is 10.7. The minimum absolute atomic E-state index is 0.0282. The van der Waals surface area contributed by atoms with E-state index in [1.54, 1.807) is 9.80 Å². The normalized spacial score (nSPS) is 19.3. The summed E-state index contributed by atoms with van der Waals surface area (Å²) in [6, 6.07) is 17.1. The molecule has 0 radical (unpaired) electrons. The highest BCUT2D eigenvalue weighted by Gasteiger charge is 2.40. The molecule has 0 bridgehead atoms. The van der Waals surface area contributed by atoms with Crippen molar-refractivity contribution in [3.8, 4) is 0 Å². The van der Waals surface area contributed by atoms with Gasteiger partial charge in [0.05, 0.1) is 12.6 Å². The highest BCUT2D eigenvalue weighted by atomic mass is 16.6. The molecule has 36 heavy (non-hydrogen) atoms. The van der Waals surface area contributed by atoms with Crippen LogP contribution >= 0.6 is 0 Å². The summed E-state index contributed by atoms with van der Waals surface area (Å²) in [5.74, 6) is -0.179. The molecule has 0 aromatic heterocycles. The van der Waals surface area contributed by atoms with Gasteiger partial charge in [-0.2, -0.15) is 0 Å². The Labute approximate surface area is 213 Å². The summed E-state index contributed by atoms with van der Waals surface area (Å²) in [6.45, 7) is 8.81. The number of hydrogen-bond acceptors (Lipinski definition) is 4. The fourth-order valence-corrected chi connectivity index (χ4v) is 4.99. The number of carbonyl (C=O) groups excluding carboxylic acids is 3. The van der Waals surface area contributed by atoms with Crippen molar-refractivity contribution in [2.45, 2.75) is 71.2 Å². The molecule has 1 N–H and O–H groups in total. The number of ether oxygens (including phenoxy) is 1. The van der Waals surface area contributed by atoms with Gasteiger partial charge in [0.2, 0.25) is 11.8 Å². The molecule has 7 nitrogen and oxygen atoms in total. The zero-order chi connectivity index (χ0) is 25.9. The molecule has 2 heterocycles. The van der Waals surface area contributed by atoms with E-state index in [1.165, 1.54) is 0 Å². The Hall–Kier alpha value is -3.35. The molecule has 1 fully saturated rings. The first-order valence-corrected chi connectivity index (χ1v) is 12.8. The zero-order valence-electron chi connectivity index (χ0n) is 21.7. The molecule has 2 aromatic carbocycles. The molecule has 0 unspecified atom stereocenters. The minimum Gasteiger partial charge on any atom is -0.444 e. The third-order valence-electron chi connectivity index (χ3n) is 7.00. The van der Waals surface area contributed by atoms with Gasteiger partial charge in [-0.25, -0.2) is 4.79 Å². The number of amides is 3. The van der Waals surface area contributed by atoms with Crippen LogP contribution < -0.4 is 5.32 Å². The van der Waals surface area contributed by atoms with Crippen LogP contribution in [0.25, 0.3) is 0 Å². The summed E-state index contributed by atoms with van der Waals surface area (Å²) in [7, 11) is 0. The second-order valence-electron chi connectivity index (χ2n) is 10.8. The number of rotatable bonds is 4. The number of likely N-dealkylation sites (tertiary alicyclic amines) is 1. The lowest BCUT2D eigenvalue weighted by Gasteiger charge is -2.40. The van der Waals surface area contributed by atoms with Crippen LogP contribution in [0.3, 0.4) is 0 Å². The molecule has 4 rings (SSSR count). The number of nitrogens with one attached hydrogen (secondary N) is 1. The van der Waals surface area contributed by atoms with Crippen LogP contribution in [0.4, 0.5) is 4.79 Å². The molecule has 7 heteroatoms. The van der Waals surface area contributed by atoms with Gasteiger partial charge in [-0.3, -0.25) is 14.5 Å². The number of hydrogen-bond donors (Lipinski definition) is 1. The fourth-order valence-electron chi connectivity index (χ4n) is 4.99. The lowest BCUT2D eigenvalue weighted by Crippen LogP contribution is -2.56. The van der Waals surface area contributed by atoms with Crippen molar-refractivity contribution in [1.29, 1.82) is 0 Å². The van der Waals surface area contributed by atoms with E-state index in [0.29, 0.717) is 38.9 Å². The molecule has 0 saturated carbocycles. The van der Waals surface area contributed by atoms with Crippen LogP contribution in [0, 0.1) is 5.92 Å². The molecule has 192 valence electrons. The first-order valence-electron chi connectivity index (χ1n) is 12.8. The van der Waals surface area contributed by atoms with Gasteiger partial charge in [0.1, 0.15) is 11.6 Å². The topological polar surface area (TPSA) is 79.0 Å². The lowest BCUT2D eigenvalue weighted by molar-refractivity contribution is -0.140. The SMILES string of the molecule is C[C@@H](NC(=O)C1CCN(C(=O)[C@@H]2Cc3ccccc3CN2C(=O)OC(C)(C)C)CC1)c1ccccc1. The molecule has 2 atom stereocenters. The van der Waals surface area contributed by atoms with Crippen LogP contribution in [0.1, 0.15) is 63.3 Å². The highest BCUT2D eigenvalue weighted by molar-refractivity contribution is 5.87. The van der Waals surface area contributed by atoms with E-state index in [0.717, 1.165) is 16.7 Å². The van der Waals surface area contributed by atoms with Crippen LogP contribution in [0.2, 0.25) is 0 Å². The van der Waals surface area contributed by atoms with Crippen molar-refractivity contribution < 1.29 is 19.1 Å². The van der Waals surface area contributed by atoms with Gasteiger partial charge in [-0.15, -0.1) is 0 Å². The third-order valence-corrected chi connectivity index (χ3v) is 7.00. The first-order chi connectivity index (χ1) is 17.1. The maximum absolute atomic E-state index is 13.7. The average molecular weight is 492 g/mol. The Bertz CT molecular complexity index is 1090. The smallest absolute Gasteiger partial charge is 0.411 e. The van der Waals surface area contributed by atoms with Gasteiger partial charge in [-0.1, -0.05) is 54.6 Å². The number of piperidine rings is 1. The Morgan fingerprint density at radius 3 is 2.19 bits per heavy atom. The van der Waals surface area contributed by atoms with Crippen molar-refractivity contribution in [2.75, 3.05) is 13.1 Å². The van der Waals surface area contributed by atoms with E-state index < -0.39 is 17.7 Å². The summed E-state index contributed by atoms with van der Waals surface area (Å²) in [4.78, 5) is 43.0. The molecule has 0 spiro atoms. The number of nitrogens with zero attached hydrogens (tertiary/aromatic N) is 2. The van der Waals surface area contributed by atoms with E-state index in [-0.39, 0.29) is 23.8 Å². The third kappa shape index (κ3) is 6.07. The Balaban J connectivity index is 1.40. The maximum atomic E-state index is 13.7. The van der Waals surface area contributed by atoms with Gasteiger partial charge in [0.15, 0.2) is 0 Å². The van der Waals surface area contributed by atoms with E-state index in [4.69, 9.17) is 4.74 Å². The summed E-state index contributed by atoms with van der Waals surface area (Å²) in [5, 5.41) is 3.12. The van der Waals surface area contributed by atoms with E-state index in [9.17, 15) is 14.4 Å². The number of carbonyl (C=O) groups is 3. The molecule has 3 amide bonds. The Morgan fingerprint density at radius 2 is 1.56 bits per heavy atom. The largest absolute Gasteiger partial charge is 0.444 e. The Kier molecular flexibility index (Phi) is 7.67. The minimum atomic E-state index is -0.649. The van der Waals surface area contributed by atoms with Gasteiger partial charge in [0, 0.05) is 25.4 Å². The quantitative estimate of drug-likeness (QED) is 0.685. The molecular weight excluding hydrogens is 454 g/mol. The standard InChI is InChI=1S/C29H37N3O4/c1-20(21-10-6-5-7-11-21)30-26(33)22-14-16-31(17-15-22)27(34)25-18-23-12-8-9-13-24(23)19-32(25)28(35)36-29(2,3)4/h5-13,20,22,25H,14-19H2,1-4H3,(H,30,33)/t20-,25+/m1/s1. The van der Waals surface area contributed by atoms with Crippen molar-refractivity contribution >= 4 is 17.9 Å². The van der Waals surface area contributed by atoms with E-state index >= 15 is 0 Å². The van der Waals surface area contributed by atoms with Gasteiger partial charge in [-0.05, 0) is 57.2 Å². The number of fused-ring (bicyclic) bond motifs is 1. The predicted octanol–water partition coefficient (Wildman–Crippen LogP) is 4.46. The van der Waals surface area contributed by atoms with Crippen LogP contribution in [0.15, 0.2) is 54.6 Å². The Morgan fingerprint density at radius 1 is 0.944 bits per heavy atom.